The van der Waals surface area contributed by atoms with E-state index in [1.807, 2.05) is 0 Å². The van der Waals surface area contributed by atoms with Gasteiger partial charge in [0.1, 0.15) is 36.6 Å². The Balaban J connectivity index is 0.00000288. The molecule has 7 N–H and O–H groups in total. The zero-order valence-electron chi connectivity index (χ0n) is 12.3. The molecule has 2 rings (SSSR count). The van der Waals surface area contributed by atoms with Crippen molar-refractivity contribution in [3.8, 4) is 0 Å². The first-order chi connectivity index (χ1) is 10.8. The second-order valence-electron chi connectivity index (χ2n) is 5.46. The molecule has 0 saturated carbocycles. The fraction of sp³-hybridized carbons (Fsp3) is 1.00. The molecule has 2 saturated heterocycles. The Morgan fingerprint density at radius 3 is 2.08 bits per heavy atom. The van der Waals surface area contributed by atoms with Gasteiger partial charge in [-0.2, -0.15) is 0 Å². The van der Waals surface area contributed by atoms with E-state index in [4.69, 9.17) is 49.0 Å². The van der Waals surface area contributed by atoms with E-state index in [0.29, 0.717) is 0 Å². The molecule has 144 valence electrons. The van der Waals surface area contributed by atoms with Gasteiger partial charge in [0.2, 0.25) is 5.79 Å². The summed E-state index contributed by atoms with van der Waals surface area (Å²) in [5.41, 5.74) is 0. The molecule has 0 spiro atoms. The minimum Gasteiger partial charge on any atom is -0.412 e. The Hall–Kier alpha value is 0.510. The number of aliphatic hydroxyl groups is 5. The first-order valence-corrected chi connectivity index (χ1v) is 8.42. The molecule has 0 aromatic heterocycles. The van der Waals surface area contributed by atoms with Gasteiger partial charge in [0.15, 0.2) is 6.29 Å². The lowest BCUT2D eigenvalue weighted by atomic mass is 10.0. The predicted molar refractivity (Wildman–Crippen MR) is 83.2 cm³/mol. The summed E-state index contributed by atoms with van der Waals surface area (Å²) >= 11 is 17.3. The van der Waals surface area contributed by atoms with E-state index >= 15 is 0 Å². The topological polar surface area (TPSA) is 160 Å². The van der Waals surface area contributed by atoms with Crippen molar-refractivity contribution >= 4 is 34.8 Å². The summed E-state index contributed by atoms with van der Waals surface area (Å²) in [7, 11) is 0. The highest BCUT2D eigenvalue weighted by Crippen LogP contribution is 2.37. The van der Waals surface area contributed by atoms with Crippen LogP contribution in [0.4, 0.5) is 0 Å². The number of hydrogen-bond donors (Lipinski definition) is 5. The second kappa shape index (κ2) is 8.94. The maximum absolute atomic E-state index is 10.1. The van der Waals surface area contributed by atoms with E-state index < -0.39 is 66.6 Å². The van der Waals surface area contributed by atoms with Crippen molar-refractivity contribution in [3.63, 3.8) is 0 Å². The standard InChI is InChI=1S/C12H19Cl3O8.H2O/c13-1-4-7(17)10(20)12(3-14,22-4)23-11-9(19)8(18)6(15)5(2-16)21-11;/h4-11,16-20H,1-3H2;1H2/t4-,5-,6+,7-,8+,9-,10+,11-,12+;/m1./s1. The van der Waals surface area contributed by atoms with E-state index in [1.54, 1.807) is 0 Å². The van der Waals surface area contributed by atoms with Crippen LogP contribution >= 0.6 is 34.8 Å². The summed E-state index contributed by atoms with van der Waals surface area (Å²) in [5, 5.41) is 48.1. The van der Waals surface area contributed by atoms with Crippen LogP contribution in [-0.4, -0.2) is 103 Å². The monoisotopic (exact) mass is 414 g/mol. The Labute approximate surface area is 152 Å². The molecule has 9 nitrogen and oxygen atoms in total. The molecule has 0 bridgehead atoms. The van der Waals surface area contributed by atoms with Gasteiger partial charge in [-0.1, -0.05) is 0 Å². The molecule has 24 heavy (non-hydrogen) atoms. The molecule has 2 aliphatic rings. The minimum absolute atomic E-state index is 0. The number of halogens is 3. The molecule has 0 radical (unpaired) electrons. The summed E-state index contributed by atoms with van der Waals surface area (Å²) < 4.78 is 16.1. The fourth-order valence-electron chi connectivity index (χ4n) is 2.56. The molecular weight excluding hydrogens is 394 g/mol. The maximum Gasteiger partial charge on any atom is 0.214 e. The van der Waals surface area contributed by atoms with E-state index in [9.17, 15) is 25.5 Å². The van der Waals surface area contributed by atoms with Crippen LogP contribution in [0.25, 0.3) is 0 Å². The van der Waals surface area contributed by atoms with Gasteiger partial charge >= 0.3 is 0 Å². The number of hydrogen-bond acceptors (Lipinski definition) is 8. The SMILES string of the molecule is O.OC[C@H]1O[C@H](O[C@]2(CCl)O[C@H](CCl)[C@@H](O)[C@@H]2O)[C@H](O)[C@@H](O)[C@H]1Cl. The molecular formula is C12H21Cl3O9. The van der Waals surface area contributed by atoms with E-state index in [-0.39, 0.29) is 11.4 Å². The third-order valence-electron chi connectivity index (χ3n) is 3.96. The second-order valence-corrected chi connectivity index (χ2v) is 6.54. The third-order valence-corrected chi connectivity index (χ3v) is 5.17. The predicted octanol–water partition coefficient (Wildman–Crippen LogP) is -2.48. The van der Waals surface area contributed by atoms with Crippen LogP contribution in [0.1, 0.15) is 0 Å². The van der Waals surface area contributed by atoms with Crippen LogP contribution < -0.4 is 0 Å². The molecule has 2 aliphatic heterocycles. The zero-order chi connectivity index (χ0) is 17.4. The average molecular weight is 416 g/mol. The Morgan fingerprint density at radius 2 is 1.62 bits per heavy atom. The highest BCUT2D eigenvalue weighted by atomic mass is 35.5. The molecule has 0 aromatic rings. The van der Waals surface area contributed by atoms with Gasteiger partial charge in [-0.3, -0.25) is 0 Å². The molecule has 12 heteroatoms. The number of rotatable bonds is 5. The lowest BCUT2D eigenvalue weighted by molar-refractivity contribution is -0.357. The Bertz CT molecular complexity index is 404. The van der Waals surface area contributed by atoms with Crippen molar-refractivity contribution < 1.29 is 45.2 Å². The minimum atomic E-state index is -1.90. The van der Waals surface area contributed by atoms with Crippen LogP contribution in [-0.2, 0) is 14.2 Å². The van der Waals surface area contributed by atoms with Crippen LogP contribution in [0.5, 0.6) is 0 Å². The molecule has 9 atom stereocenters. The molecule has 0 aliphatic carbocycles. The van der Waals surface area contributed by atoms with Crippen LogP contribution in [0.15, 0.2) is 0 Å². The molecule has 0 aromatic carbocycles. The van der Waals surface area contributed by atoms with Crippen LogP contribution in [0, 0.1) is 0 Å². The maximum atomic E-state index is 10.1. The first-order valence-electron chi connectivity index (χ1n) is 6.91. The van der Waals surface area contributed by atoms with Gasteiger partial charge in [-0.15, -0.1) is 34.8 Å². The quantitative estimate of drug-likeness (QED) is 0.308. The highest BCUT2D eigenvalue weighted by Gasteiger charge is 2.58. The van der Waals surface area contributed by atoms with Crippen molar-refractivity contribution in [2.45, 2.75) is 54.1 Å². The molecule has 2 heterocycles. The van der Waals surface area contributed by atoms with Gasteiger partial charge in [0.25, 0.3) is 0 Å². The van der Waals surface area contributed by atoms with Crippen molar-refractivity contribution in [1.29, 1.82) is 0 Å². The van der Waals surface area contributed by atoms with Crippen molar-refractivity contribution in [1.82, 2.24) is 0 Å². The Morgan fingerprint density at radius 1 is 1.00 bits per heavy atom. The van der Waals surface area contributed by atoms with Gasteiger partial charge in [0.05, 0.1) is 23.7 Å². The third kappa shape index (κ3) is 3.93. The van der Waals surface area contributed by atoms with E-state index in [2.05, 4.69) is 0 Å². The highest BCUT2D eigenvalue weighted by molar-refractivity contribution is 6.21. The molecule has 0 unspecified atom stereocenters. The fourth-order valence-corrected chi connectivity index (χ4v) is 3.37. The average Bonchev–Trinajstić information content (AvgIpc) is 2.80. The number of alkyl halides is 3. The number of ether oxygens (including phenoxy) is 3. The van der Waals surface area contributed by atoms with E-state index in [1.165, 1.54) is 0 Å². The zero-order valence-corrected chi connectivity index (χ0v) is 14.6. The lowest BCUT2D eigenvalue weighted by Gasteiger charge is -2.43. The summed E-state index contributed by atoms with van der Waals surface area (Å²) in [6, 6.07) is 0. The number of aliphatic hydroxyl groups excluding tert-OH is 5. The Kier molecular flexibility index (Phi) is 8.40. The summed E-state index contributed by atoms with van der Waals surface area (Å²) in [5.74, 6) is -2.43. The first kappa shape index (κ1) is 22.6. The largest absolute Gasteiger partial charge is 0.412 e. The smallest absolute Gasteiger partial charge is 0.214 e. The lowest BCUT2D eigenvalue weighted by Crippen LogP contribution is -2.61. The van der Waals surface area contributed by atoms with E-state index in [0.717, 1.165) is 0 Å². The van der Waals surface area contributed by atoms with Crippen molar-refractivity contribution in [2.75, 3.05) is 18.4 Å². The van der Waals surface area contributed by atoms with Gasteiger partial charge in [0, 0.05) is 0 Å². The van der Waals surface area contributed by atoms with Crippen LogP contribution in [0.3, 0.4) is 0 Å². The normalized spacial score (nSPS) is 49.0. The molecule has 2 fully saturated rings. The van der Waals surface area contributed by atoms with Gasteiger partial charge in [-0.25, -0.2) is 0 Å². The summed E-state index contributed by atoms with van der Waals surface area (Å²) in [6.07, 6.45) is -9.39. The summed E-state index contributed by atoms with van der Waals surface area (Å²) in [4.78, 5) is 0. The molecule has 0 amide bonds. The van der Waals surface area contributed by atoms with Gasteiger partial charge < -0.3 is 45.2 Å². The van der Waals surface area contributed by atoms with Gasteiger partial charge in [-0.05, 0) is 0 Å². The van der Waals surface area contributed by atoms with Crippen molar-refractivity contribution in [2.24, 2.45) is 0 Å². The summed E-state index contributed by atoms with van der Waals surface area (Å²) in [6.45, 7) is -0.526. The van der Waals surface area contributed by atoms with Crippen LogP contribution in [0.2, 0.25) is 0 Å². The van der Waals surface area contributed by atoms with Crippen molar-refractivity contribution in [3.05, 3.63) is 0 Å².